The molecule has 2 aromatic carbocycles. The Balaban J connectivity index is 1.55. The molecule has 0 radical (unpaired) electrons. The quantitative estimate of drug-likeness (QED) is 0.585. The van der Waals surface area contributed by atoms with E-state index in [2.05, 4.69) is 10.6 Å². The lowest BCUT2D eigenvalue weighted by Crippen LogP contribution is -2.35. The fraction of sp³-hybridized carbons (Fsp3) is 0.364. The van der Waals surface area contributed by atoms with Crippen LogP contribution >= 0.6 is 0 Å². The number of likely N-dealkylation sites (N-methyl/N-ethyl adjacent to an activating group) is 1. The van der Waals surface area contributed by atoms with Crippen LogP contribution < -0.4 is 10.6 Å². The van der Waals surface area contributed by atoms with Gasteiger partial charge in [0.05, 0.1) is 18.0 Å². The third kappa shape index (κ3) is 6.88. The van der Waals surface area contributed by atoms with Crippen LogP contribution in [0.25, 0.3) is 0 Å². The van der Waals surface area contributed by atoms with Crippen LogP contribution in [0.5, 0.6) is 0 Å². The molecule has 9 heteroatoms. The van der Waals surface area contributed by atoms with Crippen LogP contribution in [0.4, 0.5) is 11.4 Å². The highest BCUT2D eigenvalue weighted by Gasteiger charge is 2.23. The van der Waals surface area contributed by atoms with E-state index < -0.39 is 15.9 Å². The number of carbonyl (C=O) groups excluding carboxylic acids is 2. The van der Waals surface area contributed by atoms with Crippen molar-refractivity contribution < 1.29 is 22.7 Å². The van der Waals surface area contributed by atoms with E-state index in [0.717, 1.165) is 16.5 Å². The normalized spacial score (nSPS) is 13.8. The van der Waals surface area contributed by atoms with Crippen molar-refractivity contribution in [1.29, 1.82) is 0 Å². The predicted octanol–water partition coefficient (Wildman–Crippen LogP) is 2.83. The summed E-state index contributed by atoms with van der Waals surface area (Å²) in [4.78, 5) is 23.5. The number of benzene rings is 2. The summed E-state index contributed by atoms with van der Waals surface area (Å²) >= 11 is 0. The zero-order valence-corrected chi connectivity index (χ0v) is 18.4. The highest BCUT2D eigenvalue weighted by Crippen LogP contribution is 2.29. The molecule has 2 N–H and O–H groups in total. The Morgan fingerprint density at radius 3 is 2.42 bits per heavy atom. The number of carbonyl (C=O) groups is 2. The van der Waals surface area contributed by atoms with E-state index in [9.17, 15) is 18.0 Å². The molecule has 0 unspecified atom stereocenters. The Labute approximate surface area is 182 Å². The van der Waals surface area contributed by atoms with Gasteiger partial charge in [-0.05, 0) is 60.7 Å². The zero-order valence-electron chi connectivity index (χ0n) is 17.6. The van der Waals surface area contributed by atoms with Crippen molar-refractivity contribution in [1.82, 2.24) is 4.31 Å². The van der Waals surface area contributed by atoms with Crippen molar-refractivity contribution in [2.24, 2.45) is 5.92 Å². The van der Waals surface area contributed by atoms with Crippen molar-refractivity contribution in [3.05, 3.63) is 54.1 Å². The van der Waals surface area contributed by atoms with Crippen LogP contribution in [-0.4, -0.2) is 44.7 Å². The average Bonchev–Trinajstić information content (AvgIpc) is 3.52. The molecule has 3 rings (SSSR count). The Morgan fingerprint density at radius 1 is 1.06 bits per heavy atom. The van der Waals surface area contributed by atoms with E-state index in [1.165, 1.54) is 51.1 Å². The summed E-state index contributed by atoms with van der Waals surface area (Å²) < 4.78 is 32.1. The molecular formula is C22H27N3O5S. The van der Waals surface area contributed by atoms with Gasteiger partial charge in [-0.3, -0.25) is 9.59 Å². The number of hydrogen-bond donors (Lipinski definition) is 2. The van der Waals surface area contributed by atoms with Gasteiger partial charge in [-0.25, -0.2) is 8.42 Å². The van der Waals surface area contributed by atoms with Gasteiger partial charge in [0.25, 0.3) is 0 Å². The van der Waals surface area contributed by atoms with Crippen molar-refractivity contribution in [3.63, 3.8) is 0 Å². The molecule has 2 aromatic rings. The van der Waals surface area contributed by atoms with Gasteiger partial charge in [0.1, 0.15) is 0 Å². The third-order valence-corrected chi connectivity index (χ3v) is 6.60. The summed E-state index contributed by atoms with van der Waals surface area (Å²) in [6, 6.07) is 13.1. The smallest absolute Gasteiger partial charge is 0.243 e. The van der Waals surface area contributed by atoms with Crippen LogP contribution in [-0.2, 0) is 31.0 Å². The van der Waals surface area contributed by atoms with Crippen LogP contribution in [0.2, 0.25) is 0 Å². The molecular weight excluding hydrogens is 418 g/mol. The molecule has 0 atom stereocenters. The van der Waals surface area contributed by atoms with Crippen molar-refractivity contribution in [3.8, 4) is 0 Å². The lowest BCUT2D eigenvalue weighted by atomic mass is 10.2. The molecule has 0 spiro atoms. The minimum atomic E-state index is -3.85. The molecule has 1 fully saturated rings. The SMILES string of the molecule is CC(=O)Nc1ccc(S(=O)(=O)N(C)CC(=O)Nc2cccc(COCC3CC3)c2)cc1. The van der Waals surface area contributed by atoms with E-state index in [-0.39, 0.29) is 17.3 Å². The van der Waals surface area contributed by atoms with Gasteiger partial charge >= 0.3 is 0 Å². The first-order valence-corrected chi connectivity index (χ1v) is 11.5. The molecule has 166 valence electrons. The molecule has 0 bridgehead atoms. The molecule has 0 aromatic heterocycles. The Morgan fingerprint density at radius 2 is 1.77 bits per heavy atom. The topological polar surface area (TPSA) is 105 Å². The van der Waals surface area contributed by atoms with Crippen LogP contribution in [0.15, 0.2) is 53.4 Å². The van der Waals surface area contributed by atoms with Crippen molar-refractivity contribution >= 4 is 33.2 Å². The summed E-state index contributed by atoms with van der Waals surface area (Å²) in [7, 11) is -2.51. The first kappa shape index (κ1) is 22.9. The lowest BCUT2D eigenvalue weighted by molar-refractivity contribution is -0.116. The Kier molecular flexibility index (Phi) is 7.42. The summed E-state index contributed by atoms with van der Waals surface area (Å²) in [5.74, 6) is -0.0121. The molecule has 0 aliphatic heterocycles. The molecule has 1 aliphatic rings. The van der Waals surface area contributed by atoms with E-state index in [1.54, 1.807) is 6.07 Å². The van der Waals surface area contributed by atoms with Crippen LogP contribution in [0, 0.1) is 5.92 Å². The van der Waals surface area contributed by atoms with Gasteiger partial charge in [-0.15, -0.1) is 0 Å². The van der Waals surface area contributed by atoms with Crippen molar-refractivity contribution in [2.45, 2.75) is 31.3 Å². The second-order valence-corrected chi connectivity index (χ2v) is 9.72. The van der Waals surface area contributed by atoms with Gasteiger partial charge in [-0.1, -0.05) is 12.1 Å². The largest absolute Gasteiger partial charge is 0.376 e. The highest BCUT2D eigenvalue weighted by atomic mass is 32.2. The fourth-order valence-electron chi connectivity index (χ4n) is 2.95. The number of nitrogens with one attached hydrogen (secondary N) is 2. The molecule has 8 nitrogen and oxygen atoms in total. The summed E-state index contributed by atoms with van der Waals surface area (Å²) in [5.41, 5.74) is 2.02. The highest BCUT2D eigenvalue weighted by molar-refractivity contribution is 7.89. The van der Waals surface area contributed by atoms with E-state index in [4.69, 9.17) is 4.74 Å². The minimum Gasteiger partial charge on any atom is -0.376 e. The average molecular weight is 446 g/mol. The van der Waals surface area contributed by atoms with Gasteiger partial charge in [0, 0.05) is 32.0 Å². The van der Waals surface area contributed by atoms with Crippen LogP contribution in [0.1, 0.15) is 25.3 Å². The molecule has 0 saturated heterocycles. The number of ether oxygens (including phenoxy) is 1. The number of nitrogens with zero attached hydrogens (tertiary/aromatic N) is 1. The lowest BCUT2D eigenvalue weighted by Gasteiger charge is -2.17. The minimum absolute atomic E-state index is 0.0340. The fourth-order valence-corrected chi connectivity index (χ4v) is 4.08. The van der Waals surface area contributed by atoms with E-state index in [1.807, 2.05) is 18.2 Å². The third-order valence-electron chi connectivity index (χ3n) is 4.78. The van der Waals surface area contributed by atoms with Gasteiger partial charge in [0.2, 0.25) is 21.8 Å². The Bertz CT molecular complexity index is 1030. The first-order chi connectivity index (χ1) is 14.7. The first-order valence-electron chi connectivity index (χ1n) is 10.0. The maximum Gasteiger partial charge on any atom is 0.243 e. The molecule has 31 heavy (non-hydrogen) atoms. The summed E-state index contributed by atoms with van der Waals surface area (Å²) in [5, 5.41) is 5.31. The van der Waals surface area contributed by atoms with Crippen molar-refractivity contribution in [2.75, 3.05) is 30.8 Å². The number of sulfonamides is 1. The Hall–Kier alpha value is -2.75. The molecule has 1 saturated carbocycles. The van der Waals surface area contributed by atoms with E-state index >= 15 is 0 Å². The summed E-state index contributed by atoms with van der Waals surface area (Å²) in [6.07, 6.45) is 2.46. The molecule has 1 aliphatic carbocycles. The number of hydrogen-bond acceptors (Lipinski definition) is 5. The second-order valence-electron chi connectivity index (χ2n) is 7.67. The van der Waals surface area contributed by atoms with Gasteiger partial charge in [0.15, 0.2) is 0 Å². The number of anilines is 2. The maximum absolute atomic E-state index is 12.7. The molecule has 0 heterocycles. The summed E-state index contributed by atoms with van der Waals surface area (Å²) in [6.45, 7) is 2.26. The zero-order chi connectivity index (χ0) is 22.4. The standard InChI is InChI=1S/C22H27N3O5S/c1-16(26)23-19-8-10-21(11-9-19)31(28,29)25(2)13-22(27)24-20-5-3-4-18(12-20)15-30-14-17-6-7-17/h3-5,8-12,17H,6-7,13-15H2,1-2H3,(H,23,26)(H,24,27). The monoisotopic (exact) mass is 445 g/mol. The number of amides is 2. The van der Waals surface area contributed by atoms with Gasteiger partial charge < -0.3 is 15.4 Å². The second kappa shape index (κ2) is 10.0. The van der Waals surface area contributed by atoms with Crippen LogP contribution in [0.3, 0.4) is 0 Å². The number of rotatable bonds is 10. The predicted molar refractivity (Wildman–Crippen MR) is 118 cm³/mol. The van der Waals surface area contributed by atoms with Gasteiger partial charge in [-0.2, -0.15) is 4.31 Å². The molecule has 2 amide bonds. The van der Waals surface area contributed by atoms with E-state index in [0.29, 0.717) is 23.9 Å². The maximum atomic E-state index is 12.7.